The number of aromatic nitrogens is 1. The monoisotopic (exact) mass is 471 g/mol. The van der Waals surface area contributed by atoms with Gasteiger partial charge in [-0.25, -0.2) is 9.59 Å². The fourth-order valence-corrected chi connectivity index (χ4v) is 3.71. The Kier molecular flexibility index (Phi) is 8.60. The summed E-state index contributed by atoms with van der Waals surface area (Å²) in [6, 6.07) is 18.0. The van der Waals surface area contributed by atoms with Gasteiger partial charge in [-0.15, -0.1) is 0 Å². The van der Waals surface area contributed by atoms with Gasteiger partial charge >= 0.3 is 12.0 Å². The van der Waals surface area contributed by atoms with Crippen molar-refractivity contribution in [2.24, 2.45) is 5.73 Å². The molecule has 4 N–H and O–H groups in total. The zero-order valence-electron chi connectivity index (χ0n) is 19.0. The van der Waals surface area contributed by atoms with Crippen molar-refractivity contribution < 1.29 is 19.4 Å². The normalized spacial score (nSPS) is 12.6. The fourth-order valence-electron chi connectivity index (χ4n) is 3.71. The second-order valence-corrected chi connectivity index (χ2v) is 7.88. The van der Waals surface area contributed by atoms with Crippen LogP contribution in [0, 0.1) is 22.7 Å². The minimum absolute atomic E-state index is 0.261. The third-order valence-corrected chi connectivity index (χ3v) is 5.49. The topological polar surface area (TPSA) is 156 Å². The lowest BCUT2D eigenvalue weighted by atomic mass is 9.99. The van der Waals surface area contributed by atoms with Crippen LogP contribution in [0.3, 0.4) is 0 Å². The number of hydrogen-bond acceptors (Lipinski definition) is 5. The van der Waals surface area contributed by atoms with E-state index in [4.69, 9.17) is 21.0 Å². The maximum absolute atomic E-state index is 11.8. The molecule has 0 saturated carbocycles. The van der Waals surface area contributed by atoms with Crippen LogP contribution in [0.25, 0.3) is 0 Å². The molecule has 2 heterocycles. The average Bonchev–Trinajstić information content (AvgIpc) is 3.27. The summed E-state index contributed by atoms with van der Waals surface area (Å²) in [5.41, 5.74) is 9.48. The molecule has 0 atom stereocenters. The third-order valence-electron chi connectivity index (χ3n) is 5.49. The van der Waals surface area contributed by atoms with Crippen LogP contribution in [0.2, 0.25) is 0 Å². The summed E-state index contributed by atoms with van der Waals surface area (Å²) < 4.78 is 5.00. The summed E-state index contributed by atoms with van der Waals surface area (Å²) in [6.07, 6.45) is 2.58. The highest BCUT2D eigenvalue weighted by atomic mass is 16.5. The van der Waals surface area contributed by atoms with Gasteiger partial charge in [0.25, 0.3) is 0 Å². The van der Waals surface area contributed by atoms with E-state index in [1.54, 1.807) is 41.4 Å². The number of morpholine rings is 1. The van der Waals surface area contributed by atoms with Gasteiger partial charge in [-0.3, -0.25) is 0 Å². The van der Waals surface area contributed by atoms with Gasteiger partial charge in [0, 0.05) is 31.4 Å². The molecule has 178 valence electrons. The van der Waals surface area contributed by atoms with Crippen LogP contribution in [-0.4, -0.2) is 53.3 Å². The summed E-state index contributed by atoms with van der Waals surface area (Å²) in [6.45, 7) is 2.50. The molecule has 0 bridgehead atoms. The van der Waals surface area contributed by atoms with E-state index in [9.17, 15) is 14.7 Å². The predicted octanol–water partition coefficient (Wildman–Crippen LogP) is 3.04. The number of nitrogens with zero attached hydrogens (tertiary/aromatic N) is 3. The van der Waals surface area contributed by atoms with E-state index in [-0.39, 0.29) is 11.6 Å². The van der Waals surface area contributed by atoms with Gasteiger partial charge in [-0.05, 0) is 47.4 Å². The number of amides is 2. The summed E-state index contributed by atoms with van der Waals surface area (Å²) in [5, 5.41) is 27.5. The number of carbonyl (C=O) groups excluding carboxylic acids is 1. The molecule has 2 amide bonds. The highest BCUT2D eigenvalue weighted by Crippen LogP contribution is 2.21. The van der Waals surface area contributed by atoms with Gasteiger partial charge in [-0.1, -0.05) is 24.3 Å². The van der Waals surface area contributed by atoms with Crippen LogP contribution in [0.4, 0.5) is 4.79 Å². The van der Waals surface area contributed by atoms with Gasteiger partial charge in [0.05, 0.1) is 42.0 Å². The number of ether oxygens (including phenoxy) is 1. The van der Waals surface area contributed by atoms with Crippen molar-refractivity contribution in [1.29, 1.82) is 10.5 Å². The summed E-state index contributed by atoms with van der Waals surface area (Å²) >= 11 is 0. The number of carbonyl (C=O) groups is 2. The van der Waals surface area contributed by atoms with Crippen molar-refractivity contribution in [3.8, 4) is 12.1 Å². The highest BCUT2D eigenvalue weighted by molar-refractivity contribution is 5.91. The fraction of sp³-hybridized carbons (Fsp3) is 0.231. The Morgan fingerprint density at radius 3 is 2.26 bits per heavy atom. The number of aromatic amines is 1. The molecule has 0 radical (unpaired) electrons. The van der Waals surface area contributed by atoms with Crippen LogP contribution in [0.15, 0.2) is 54.7 Å². The number of nitrogens with one attached hydrogen (secondary N) is 1. The van der Waals surface area contributed by atoms with Gasteiger partial charge in [0.2, 0.25) is 0 Å². The molecule has 4 rings (SSSR count). The first-order valence-corrected chi connectivity index (χ1v) is 10.9. The van der Waals surface area contributed by atoms with Crippen LogP contribution >= 0.6 is 0 Å². The molecule has 0 aliphatic carbocycles. The third kappa shape index (κ3) is 6.94. The quantitative estimate of drug-likeness (QED) is 0.519. The lowest BCUT2D eigenvalue weighted by Crippen LogP contribution is -2.43. The van der Waals surface area contributed by atoms with E-state index in [2.05, 4.69) is 17.1 Å². The minimum Gasteiger partial charge on any atom is -0.478 e. The van der Waals surface area contributed by atoms with Crippen molar-refractivity contribution in [2.75, 3.05) is 26.3 Å². The first-order valence-electron chi connectivity index (χ1n) is 10.9. The molecule has 2 aromatic carbocycles. The number of urea groups is 1. The zero-order chi connectivity index (χ0) is 25.2. The summed E-state index contributed by atoms with van der Waals surface area (Å²) in [7, 11) is 0. The van der Waals surface area contributed by atoms with Crippen LogP contribution < -0.4 is 5.73 Å². The van der Waals surface area contributed by atoms with Crippen molar-refractivity contribution in [2.45, 2.75) is 12.8 Å². The standard InChI is InChI=1S/C21H15N3O2.C5H10N2O2/c22-11-15-6-4-14(5-7-15)9-18-13-24-19(20(18)21(25)26)10-16-2-1-3-17(8-16)12-23;6-5(8)7-1-3-9-4-2-7/h1-8,13,24H,9-10H2,(H,25,26);1-4H2,(H2,6,8). The van der Waals surface area contributed by atoms with E-state index in [0.29, 0.717) is 61.5 Å². The highest BCUT2D eigenvalue weighted by Gasteiger charge is 2.18. The summed E-state index contributed by atoms with van der Waals surface area (Å²) in [5.74, 6) is -0.985. The zero-order valence-corrected chi connectivity index (χ0v) is 19.0. The Morgan fingerprint density at radius 1 is 1.00 bits per heavy atom. The van der Waals surface area contributed by atoms with Crippen LogP contribution in [0.1, 0.15) is 43.9 Å². The number of benzene rings is 2. The minimum atomic E-state index is -0.985. The van der Waals surface area contributed by atoms with Crippen molar-refractivity contribution in [3.63, 3.8) is 0 Å². The van der Waals surface area contributed by atoms with Gasteiger partial charge < -0.3 is 25.5 Å². The average molecular weight is 472 g/mol. The van der Waals surface area contributed by atoms with E-state index in [1.165, 1.54) is 0 Å². The van der Waals surface area contributed by atoms with Gasteiger partial charge in [-0.2, -0.15) is 10.5 Å². The number of rotatable bonds is 5. The SMILES string of the molecule is N#Cc1ccc(Cc2c[nH]c(Cc3cccc(C#N)c3)c2C(=O)O)cc1.NC(=O)N1CCOCC1. The lowest BCUT2D eigenvalue weighted by Gasteiger charge is -2.24. The van der Waals surface area contributed by atoms with E-state index < -0.39 is 5.97 Å². The largest absolute Gasteiger partial charge is 0.478 e. The van der Waals surface area contributed by atoms with Crippen LogP contribution in [-0.2, 0) is 17.6 Å². The molecular weight excluding hydrogens is 446 g/mol. The van der Waals surface area contributed by atoms with Gasteiger partial charge in [0.1, 0.15) is 0 Å². The Morgan fingerprint density at radius 2 is 1.69 bits per heavy atom. The second-order valence-electron chi connectivity index (χ2n) is 7.88. The van der Waals surface area contributed by atoms with Crippen molar-refractivity contribution >= 4 is 12.0 Å². The Hall–Kier alpha value is -4.60. The first-order chi connectivity index (χ1) is 16.9. The summed E-state index contributed by atoms with van der Waals surface area (Å²) in [4.78, 5) is 26.9. The van der Waals surface area contributed by atoms with Crippen molar-refractivity contribution in [1.82, 2.24) is 9.88 Å². The maximum atomic E-state index is 11.8. The number of aromatic carboxylic acids is 1. The Bertz CT molecular complexity index is 1260. The molecule has 1 saturated heterocycles. The molecule has 9 nitrogen and oxygen atoms in total. The number of carboxylic acids is 1. The number of nitrogens with two attached hydrogens (primary N) is 1. The van der Waals surface area contributed by atoms with Crippen molar-refractivity contribution in [3.05, 3.63) is 93.8 Å². The lowest BCUT2D eigenvalue weighted by molar-refractivity contribution is 0.0554. The maximum Gasteiger partial charge on any atom is 0.337 e. The Balaban J connectivity index is 0.000000320. The number of primary amides is 1. The van der Waals surface area contributed by atoms with E-state index >= 15 is 0 Å². The number of hydrogen-bond donors (Lipinski definition) is 3. The number of carboxylic acid groups (broad SMARTS) is 1. The molecule has 1 aliphatic heterocycles. The molecule has 0 unspecified atom stereocenters. The molecule has 1 aromatic heterocycles. The molecule has 35 heavy (non-hydrogen) atoms. The van der Waals surface area contributed by atoms with E-state index in [0.717, 1.165) is 11.1 Å². The smallest absolute Gasteiger partial charge is 0.337 e. The molecule has 1 aliphatic rings. The number of H-pyrrole nitrogens is 1. The second kappa shape index (κ2) is 12.0. The predicted molar refractivity (Wildman–Crippen MR) is 128 cm³/mol. The Labute approximate surface area is 203 Å². The van der Waals surface area contributed by atoms with Gasteiger partial charge in [0.15, 0.2) is 0 Å². The number of nitriles is 2. The first kappa shape index (κ1) is 25.0. The molecular formula is C26H25N5O4. The molecule has 3 aromatic rings. The molecule has 0 spiro atoms. The van der Waals surface area contributed by atoms with Crippen LogP contribution in [0.5, 0.6) is 0 Å². The molecule has 1 fully saturated rings. The molecule has 9 heteroatoms. The van der Waals surface area contributed by atoms with E-state index in [1.807, 2.05) is 18.2 Å².